The summed E-state index contributed by atoms with van der Waals surface area (Å²) in [6.45, 7) is 8.58. The molecule has 26 heavy (non-hydrogen) atoms. The maximum atomic E-state index is 11.0. The maximum Gasteiger partial charge on any atom is 0.0942 e. The summed E-state index contributed by atoms with van der Waals surface area (Å²) in [7, 11) is 0. The molecule has 138 valence electrons. The largest absolute Gasteiger partial charge is 0.387 e. The Bertz CT molecular complexity index is 886. The number of aliphatic hydroxyl groups is 1. The van der Waals surface area contributed by atoms with Crippen molar-refractivity contribution in [1.29, 1.82) is 0 Å². The van der Waals surface area contributed by atoms with Gasteiger partial charge in [0.2, 0.25) is 0 Å². The summed E-state index contributed by atoms with van der Waals surface area (Å²) in [5, 5.41) is 15.9. The standard InChI is InChI=1S/C23H28BrNO/c1-4-12-25(13-5-2)16(3)23(26)18-11-10-17-15-22(24)20-9-7-6-8-19(20)21(17)14-18/h6-11,14-16,23,26H,4-5,12-13H2,1-3H3/t16-,23-/m1/s1. The fraction of sp³-hybridized carbons (Fsp3) is 0.391. The van der Waals surface area contributed by atoms with Gasteiger partial charge in [0.1, 0.15) is 0 Å². The molecule has 1 N–H and O–H groups in total. The Labute approximate surface area is 165 Å². The van der Waals surface area contributed by atoms with Crippen molar-refractivity contribution in [3.8, 4) is 0 Å². The monoisotopic (exact) mass is 413 g/mol. The number of halogens is 1. The van der Waals surface area contributed by atoms with Crippen LogP contribution in [0.2, 0.25) is 0 Å². The number of rotatable bonds is 7. The van der Waals surface area contributed by atoms with E-state index in [9.17, 15) is 5.11 Å². The fourth-order valence-electron chi connectivity index (χ4n) is 3.83. The number of fused-ring (bicyclic) bond motifs is 3. The van der Waals surface area contributed by atoms with Crippen LogP contribution in [0.15, 0.2) is 53.0 Å². The average Bonchev–Trinajstić information content (AvgIpc) is 2.67. The van der Waals surface area contributed by atoms with Crippen LogP contribution >= 0.6 is 15.9 Å². The first-order valence-corrected chi connectivity index (χ1v) is 10.4. The molecular formula is C23H28BrNO. The van der Waals surface area contributed by atoms with Gasteiger partial charge in [-0.15, -0.1) is 0 Å². The third-order valence-corrected chi connectivity index (χ3v) is 5.89. The minimum Gasteiger partial charge on any atom is -0.387 e. The normalized spacial score (nSPS) is 14.2. The van der Waals surface area contributed by atoms with Crippen LogP contribution in [0.3, 0.4) is 0 Å². The van der Waals surface area contributed by atoms with Gasteiger partial charge >= 0.3 is 0 Å². The zero-order valence-corrected chi connectivity index (χ0v) is 17.5. The first kappa shape index (κ1) is 19.3. The predicted octanol–water partition coefficient (Wildman–Crippen LogP) is 6.30. The van der Waals surface area contributed by atoms with Crippen LogP contribution in [0.5, 0.6) is 0 Å². The molecule has 0 saturated carbocycles. The van der Waals surface area contributed by atoms with Gasteiger partial charge in [-0.1, -0.05) is 66.2 Å². The first-order valence-electron chi connectivity index (χ1n) is 9.59. The molecule has 3 rings (SSSR count). The summed E-state index contributed by atoms with van der Waals surface area (Å²) in [5.41, 5.74) is 0.995. The number of aliphatic hydroxyl groups excluding tert-OH is 1. The Morgan fingerprint density at radius 2 is 1.58 bits per heavy atom. The lowest BCUT2D eigenvalue weighted by atomic mass is 9.95. The van der Waals surface area contributed by atoms with Gasteiger partial charge in [0.05, 0.1) is 6.10 Å². The third kappa shape index (κ3) is 3.80. The predicted molar refractivity (Wildman–Crippen MR) is 116 cm³/mol. The summed E-state index contributed by atoms with van der Waals surface area (Å²) >= 11 is 3.69. The third-order valence-electron chi connectivity index (χ3n) is 5.23. The van der Waals surface area contributed by atoms with Gasteiger partial charge in [-0.3, -0.25) is 4.90 Å². The molecule has 0 saturated heterocycles. The fourth-order valence-corrected chi connectivity index (χ4v) is 4.42. The Balaban J connectivity index is 2.02. The van der Waals surface area contributed by atoms with Gasteiger partial charge < -0.3 is 5.11 Å². The van der Waals surface area contributed by atoms with Gasteiger partial charge in [-0.25, -0.2) is 0 Å². The Morgan fingerprint density at radius 3 is 2.23 bits per heavy atom. The van der Waals surface area contributed by atoms with E-state index < -0.39 is 6.10 Å². The molecule has 0 amide bonds. The summed E-state index contributed by atoms with van der Waals surface area (Å²) in [5.74, 6) is 0. The zero-order chi connectivity index (χ0) is 18.7. The minimum absolute atomic E-state index is 0.106. The maximum absolute atomic E-state index is 11.0. The van der Waals surface area contributed by atoms with E-state index in [2.05, 4.69) is 90.1 Å². The van der Waals surface area contributed by atoms with Gasteiger partial charge in [0.25, 0.3) is 0 Å². The number of benzene rings is 3. The van der Waals surface area contributed by atoms with E-state index in [-0.39, 0.29) is 6.04 Å². The van der Waals surface area contributed by atoms with Crippen molar-refractivity contribution in [3.63, 3.8) is 0 Å². The van der Waals surface area contributed by atoms with Crippen molar-refractivity contribution < 1.29 is 5.11 Å². The molecule has 2 nitrogen and oxygen atoms in total. The molecule has 0 heterocycles. The smallest absolute Gasteiger partial charge is 0.0942 e. The highest BCUT2D eigenvalue weighted by molar-refractivity contribution is 9.10. The Hall–Kier alpha value is -1.42. The van der Waals surface area contributed by atoms with E-state index in [1.807, 2.05) is 0 Å². The molecule has 0 fully saturated rings. The summed E-state index contributed by atoms with van der Waals surface area (Å²) in [4.78, 5) is 2.40. The van der Waals surface area contributed by atoms with Gasteiger partial charge in [-0.05, 0) is 72.1 Å². The first-order chi connectivity index (χ1) is 12.6. The second-order valence-electron chi connectivity index (χ2n) is 7.11. The Kier molecular flexibility index (Phi) is 6.33. The van der Waals surface area contributed by atoms with Crippen LogP contribution in [0, 0.1) is 0 Å². The molecule has 3 heteroatoms. The van der Waals surface area contributed by atoms with E-state index >= 15 is 0 Å². The van der Waals surface area contributed by atoms with E-state index in [1.165, 1.54) is 21.5 Å². The van der Waals surface area contributed by atoms with Crippen molar-refractivity contribution >= 4 is 37.5 Å². The molecule has 0 spiro atoms. The van der Waals surface area contributed by atoms with Crippen molar-refractivity contribution in [2.75, 3.05) is 13.1 Å². The van der Waals surface area contributed by atoms with Crippen LogP contribution in [0.1, 0.15) is 45.3 Å². The summed E-state index contributed by atoms with van der Waals surface area (Å²) < 4.78 is 1.11. The molecule has 0 aliphatic heterocycles. The van der Waals surface area contributed by atoms with Gasteiger partial charge in [0, 0.05) is 10.5 Å². The molecule has 0 unspecified atom stereocenters. The molecule has 0 aromatic heterocycles. The lowest BCUT2D eigenvalue weighted by molar-refractivity contribution is 0.0577. The van der Waals surface area contributed by atoms with E-state index in [0.29, 0.717) is 0 Å². The van der Waals surface area contributed by atoms with Crippen molar-refractivity contribution in [1.82, 2.24) is 4.90 Å². The van der Waals surface area contributed by atoms with Crippen LogP contribution in [-0.2, 0) is 0 Å². The minimum atomic E-state index is -0.486. The number of hydrogen-bond acceptors (Lipinski definition) is 2. The summed E-state index contributed by atoms with van der Waals surface area (Å²) in [6, 6.07) is 17.1. The number of nitrogens with zero attached hydrogens (tertiary/aromatic N) is 1. The lowest BCUT2D eigenvalue weighted by Crippen LogP contribution is -2.38. The topological polar surface area (TPSA) is 23.5 Å². The molecule has 0 aliphatic carbocycles. The van der Waals surface area contributed by atoms with Crippen molar-refractivity contribution in [2.45, 2.75) is 45.8 Å². The molecule has 0 aliphatic rings. The van der Waals surface area contributed by atoms with Crippen LogP contribution in [0.25, 0.3) is 21.5 Å². The second-order valence-corrected chi connectivity index (χ2v) is 7.96. The molecule has 0 radical (unpaired) electrons. The second kappa shape index (κ2) is 8.51. The molecule has 2 atom stereocenters. The summed E-state index contributed by atoms with van der Waals surface area (Å²) in [6.07, 6.45) is 1.72. The van der Waals surface area contributed by atoms with Crippen LogP contribution in [-0.4, -0.2) is 29.1 Å². The van der Waals surface area contributed by atoms with Crippen LogP contribution in [0.4, 0.5) is 0 Å². The SMILES string of the molecule is CCCN(CCC)[C@H](C)[C@@H](O)c1ccc2cc(Br)c3ccccc3c2c1. The Morgan fingerprint density at radius 1 is 0.923 bits per heavy atom. The van der Waals surface area contributed by atoms with E-state index in [1.54, 1.807) is 0 Å². The van der Waals surface area contributed by atoms with E-state index in [0.717, 1.165) is 36.0 Å². The van der Waals surface area contributed by atoms with Gasteiger partial charge in [-0.2, -0.15) is 0 Å². The lowest BCUT2D eigenvalue weighted by Gasteiger charge is -2.32. The van der Waals surface area contributed by atoms with Crippen molar-refractivity contribution in [3.05, 3.63) is 58.6 Å². The average molecular weight is 414 g/mol. The van der Waals surface area contributed by atoms with Crippen LogP contribution < -0.4 is 0 Å². The number of hydrogen-bond donors (Lipinski definition) is 1. The highest BCUT2D eigenvalue weighted by atomic mass is 79.9. The van der Waals surface area contributed by atoms with Crippen molar-refractivity contribution in [2.24, 2.45) is 0 Å². The highest BCUT2D eigenvalue weighted by Gasteiger charge is 2.22. The molecule has 0 bridgehead atoms. The van der Waals surface area contributed by atoms with Gasteiger partial charge in [0.15, 0.2) is 0 Å². The zero-order valence-electron chi connectivity index (χ0n) is 15.9. The molecule has 3 aromatic carbocycles. The molecular weight excluding hydrogens is 386 g/mol. The van der Waals surface area contributed by atoms with E-state index in [4.69, 9.17) is 0 Å². The molecule has 3 aromatic rings. The quantitative estimate of drug-likeness (QED) is 0.459. The highest BCUT2D eigenvalue weighted by Crippen LogP contribution is 2.34.